The quantitative estimate of drug-likeness (QED) is 0.563. The molecule has 1 atom stereocenters. The lowest BCUT2D eigenvalue weighted by atomic mass is 9.96. The number of hydrogen-bond donors (Lipinski definition) is 1. The van der Waals surface area contributed by atoms with E-state index >= 15 is 0 Å². The Morgan fingerprint density at radius 1 is 1.00 bits per heavy atom. The van der Waals surface area contributed by atoms with Crippen LogP contribution in [0.5, 0.6) is 5.75 Å². The molecule has 0 radical (unpaired) electrons. The van der Waals surface area contributed by atoms with Gasteiger partial charge in [0.25, 0.3) is 10.0 Å². The molecular formula is C27H27N3O4S. The van der Waals surface area contributed by atoms with Crippen molar-refractivity contribution in [3.05, 3.63) is 90.0 Å². The largest absolute Gasteiger partial charge is 0.491 e. The summed E-state index contributed by atoms with van der Waals surface area (Å²) in [5.41, 5.74) is 2.43. The van der Waals surface area contributed by atoms with Gasteiger partial charge < -0.3 is 15.0 Å². The molecule has 3 aromatic carbocycles. The molecule has 2 heterocycles. The van der Waals surface area contributed by atoms with E-state index in [0.717, 1.165) is 19.3 Å². The topological polar surface area (TPSA) is 88.1 Å². The fourth-order valence-electron chi connectivity index (χ4n) is 4.55. The van der Waals surface area contributed by atoms with Gasteiger partial charge in [-0.05, 0) is 42.7 Å². The Kier molecular flexibility index (Phi) is 6.55. The maximum atomic E-state index is 13.2. The van der Waals surface area contributed by atoms with Crippen molar-refractivity contribution >= 4 is 27.5 Å². The minimum Gasteiger partial charge on any atom is -0.491 e. The number of likely N-dealkylation sites (tertiary alicyclic amines) is 1. The third-order valence-corrected chi connectivity index (χ3v) is 7.67. The second-order valence-corrected chi connectivity index (χ2v) is 10.3. The van der Waals surface area contributed by atoms with Gasteiger partial charge >= 0.3 is 0 Å². The van der Waals surface area contributed by atoms with Gasteiger partial charge in [0.2, 0.25) is 5.91 Å². The zero-order valence-electron chi connectivity index (χ0n) is 19.3. The molecule has 0 saturated carbocycles. The van der Waals surface area contributed by atoms with Crippen LogP contribution < -0.4 is 10.1 Å². The van der Waals surface area contributed by atoms with Crippen LogP contribution in [-0.2, 0) is 21.2 Å². The standard InChI is InChI=1S/C27H27N3O4S/c31-27(28-23-13-5-6-14-24(23)34-18-16-20-9-2-1-3-10-20)21-11-8-17-30(19-21)26-22-12-4-7-15-25(22)35(32,33)29-26/h1-7,9-10,12-15,21H,8,11,16-19H2,(H,28,31). The predicted octanol–water partition coefficient (Wildman–Crippen LogP) is 4.11. The molecule has 7 nitrogen and oxygen atoms in total. The second-order valence-electron chi connectivity index (χ2n) is 8.74. The van der Waals surface area contributed by atoms with Gasteiger partial charge in [-0.2, -0.15) is 8.42 Å². The first kappa shape index (κ1) is 23.1. The van der Waals surface area contributed by atoms with Crippen molar-refractivity contribution in [2.24, 2.45) is 10.3 Å². The van der Waals surface area contributed by atoms with E-state index in [1.807, 2.05) is 47.4 Å². The van der Waals surface area contributed by atoms with Crippen LogP contribution in [0, 0.1) is 5.92 Å². The molecule has 8 heteroatoms. The molecule has 1 N–H and O–H groups in total. The number of para-hydroxylation sites is 2. The van der Waals surface area contributed by atoms with Crippen LogP contribution in [0.3, 0.4) is 0 Å². The smallest absolute Gasteiger partial charge is 0.285 e. The molecule has 180 valence electrons. The van der Waals surface area contributed by atoms with Crippen LogP contribution in [0.4, 0.5) is 5.69 Å². The molecule has 5 rings (SSSR count). The molecule has 2 aliphatic heterocycles. The van der Waals surface area contributed by atoms with Gasteiger partial charge in [0.05, 0.1) is 18.2 Å². The molecule has 0 bridgehead atoms. The van der Waals surface area contributed by atoms with Crippen molar-refractivity contribution in [3.63, 3.8) is 0 Å². The molecule has 1 amide bonds. The molecule has 0 aliphatic carbocycles. The SMILES string of the molecule is O=C(Nc1ccccc1OCCc1ccccc1)C1CCCN(C2=NS(=O)(=O)c3ccccc32)C1. The highest BCUT2D eigenvalue weighted by atomic mass is 32.2. The summed E-state index contributed by atoms with van der Waals surface area (Å²) in [7, 11) is -3.70. The van der Waals surface area contributed by atoms with Gasteiger partial charge in [-0.1, -0.05) is 54.6 Å². The zero-order chi connectivity index (χ0) is 24.3. The summed E-state index contributed by atoms with van der Waals surface area (Å²) >= 11 is 0. The van der Waals surface area contributed by atoms with Crippen LogP contribution in [0.2, 0.25) is 0 Å². The number of amidine groups is 1. The number of benzene rings is 3. The van der Waals surface area contributed by atoms with Gasteiger partial charge in [0.15, 0.2) is 5.84 Å². The van der Waals surface area contributed by atoms with Gasteiger partial charge in [-0.15, -0.1) is 4.40 Å². The average Bonchev–Trinajstić information content (AvgIpc) is 3.17. The molecule has 0 spiro atoms. The molecule has 2 aliphatic rings. The highest BCUT2D eigenvalue weighted by molar-refractivity contribution is 7.90. The van der Waals surface area contributed by atoms with E-state index in [4.69, 9.17) is 4.74 Å². The summed E-state index contributed by atoms with van der Waals surface area (Å²) in [6, 6.07) is 24.4. The lowest BCUT2D eigenvalue weighted by Gasteiger charge is -2.33. The molecule has 1 unspecified atom stereocenters. The Labute approximate surface area is 205 Å². The first-order valence-corrected chi connectivity index (χ1v) is 13.2. The number of ether oxygens (including phenoxy) is 1. The third kappa shape index (κ3) is 5.07. The maximum absolute atomic E-state index is 13.2. The number of hydrogen-bond acceptors (Lipinski definition) is 5. The van der Waals surface area contributed by atoms with E-state index in [0.29, 0.717) is 42.5 Å². The van der Waals surface area contributed by atoms with Crippen molar-refractivity contribution in [2.45, 2.75) is 24.2 Å². The van der Waals surface area contributed by atoms with Gasteiger partial charge in [0, 0.05) is 25.1 Å². The molecular weight excluding hydrogens is 462 g/mol. The number of sulfonamides is 1. The Morgan fingerprint density at radius 2 is 1.74 bits per heavy atom. The van der Waals surface area contributed by atoms with E-state index in [9.17, 15) is 13.2 Å². The highest BCUT2D eigenvalue weighted by Gasteiger charge is 2.35. The Morgan fingerprint density at radius 3 is 2.60 bits per heavy atom. The monoisotopic (exact) mass is 489 g/mol. The van der Waals surface area contributed by atoms with E-state index < -0.39 is 10.0 Å². The van der Waals surface area contributed by atoms with Crippen LogP contribution in [0.15, 0.2) is 88.2 Å². The number of rotatable bonds is 6. The van der Waals surface area contributed by atoms with E-state index in [1.165, 1.54) is 5.56 Å². The van der Waals surface area contributed by atoms with Crippen LogP contribution in [-0.4, -0.2) is 44.8 Å². The number of piperidine rings is 1. The van der Waals surface area contributed by atoms with Crippen LogP contribution in [0.1, 0.15) is 24.0 Å². The number of nitrogens with one attached hydrogen (secondary N) is 1. The zero-order valence-corrected chi connectivity index (χ0v) is 20.1. The fraction of sp³-hybridized carbons (Fsp3) is 0.259. The Bertz CT molecular complexity index is 1360. The summed E-state index contributed by atoms with van der Waals surface area (Å²) in [5.74, 6) is 0.662. The summed E-state index contributed by atoms with van der Waals surface area (Å²) in [6.45, 7) is 1.57. The number of carbonyl (C=O) groups excluding carboxylic acids is 1. The van der Waals surface area contributed by atoms with Crippen molar-refractivity contribution in [1.29, 1.82) is 0 Å². The van der Waals surface area contributed by atoms with E-state index in [1.54, 1.807) is 24.3 Å². The highest BCUT2D eigenvalue weighted by Crippen LogP contribution is 2.31. The number of carbonyl (C=O) groups is 1. The van der Waals surface area contributed by atoms with Gasteiger partial charge in [-0.25, -0.2) is 0 Å². The molecule has 0 aromatic heterocycles. The summed E-state index contributed by atoms with van der Waals surface area (Å²) in [6.07, 6.45) is 2.27. The van der Waals surface area contributed by atoms with Gasteiger partial charge in [0.1, 0.15) is 10.6 Å². The summed E-state index contributed by atoms with van der Waals surface area (Å²) in [5, 5.41) is 3.03. The maximum Gasteiger partial charge on any atom is 0.285 e. The van der Waals surface area contributed by atoms with Gasteiger partial charge in [-0.3, -0.25) is 4.79 Å². The number of anilines is 1. The average molecular weight is 490 g/mol. The lowest BCUT2D eigenvalue weighted by molar-refractivity contribution is -0.121. The molecule has 35 heavy (non-hydrogen) atoms. The number of fused-ring (bicyclic) bond motifs is 1. The van der Waals surface area contributed by atoms with Crippen LogP contribution >= 0.6 is 0 Å². The molecule has 1 fully saturated rings. The fourth-order valence-corrected chi connectivity index (χ4v) is 5.78. The summed E-state index contributed by atoms with van der Waals surface area (Å²) in [4.78, 5) is 15.3. The minimum absolute atomic E-state index is 0.108. The first-order valence-electron chi connectivity index (χ1n) is 11.8. The van der Waals surface area contributed by atoms with Crippen LogP contribution in [0.25, 0.3) is 0 Å². The Balaban J connectivity index is 1.25. The van der Waals surface area contributed by atoms with E-state index in [-0.39, 0.29) is 16.7 Å². The normalized spacial score (nSPS) is 18.5. The molecule has 3 aromatic rings. The summed E-state index contributed by atoms with van der Waals surface area (Å²) < 4.78 is 34.9. The Hall–Kier alpha value is -3.65. The van der Waals surface area contributed by atoms with Crippen molar-refractivity contribution in [2.75, 3.05) is 25.0 Å². The third-order valence-electron chi connectivity index (χ3n) is 6.34. The predicted molar refractivity (Wildman–Crippen MR) is 135 cm³/mol. The second kappa shape index (κ2) is 9.92. The van der Waals surface area contributed by atoms with Crippen molar-refractivity contribution in [1.82, 2.24) is 4.90 Å². The molecule has 1 saturated heterocycles. The van der Waals surface area contributed by atoms with Crippen molar-refractivity contribution < 1.29 is 17.9 Å². The number of nitrogens with zero attached hydrogens (tertiary/aromatic N) is 2. The lowest BCUT2D eigenvalue weighted by Crippen LogP contribution is -2.43. The van der Waals surface area contributed by atoms with Crippen molar-refractivity contribution in [3.8, 4) is 5.75 Å². The number of amides is 1. The first-order chi connectivity index (χ1) is 17.0. The van der Waals surface area contributed by atoms with E-state index in [2.05, 4.69) is 21.8 Å². The minimum atomic E-state index is -3.70.